The number of carbonyl (C=O) groups is 9. The van der Waals surface area contributed by atoms with Gasteiger partial charge in [-0.15, -0.1) is 0 Å². The van der Waals surface area contributed by atoms with Crippen molar-refractivity contribution < 1.29 is 128 Å². The average molecular weight is 1770 g/mol. The molecule has 0 aromatic heterocycles. The summed E-state index contributed by atoms with van der Waals surface area (Å²) in [5, 5.41) is 0. The summed E-state index contributed by atoms with van der Waals surface area (Å²) < 4.78 is 106. The summed E-state index contributed by atoms with van der Waals surface area (Å²) >= 11 is 0. The van der Waals surface area contributed by atoms with E-state index in [0.29, 0.717) is 88.6 Å². The van der Waals surface area contributed by atoms with Crippen LogP contribution in [0.1, 0.15) is 400 Å². The molecular formula is C98H162O27. The molecule has 0 heterocycles. The first kappa shape index (κ1) is 103. The van der Waals surface area contributed by atoms with E-state index < -0.39 is 126 Å². The lowest BCUT2D eigenvalue weighted by Crippen LogP contribution is -2.75. The molecule has 6 unspecified atom stereocenters. The van der Waals surface area contributed by atoms with Crippen molar-refractivity contribution in [1.29, 1.82) is 0 Å². The minimum Gasteiger partial charge on any atom is -0.459 e. The van der Waals surface area contributed by atoms with Gasteiger partial charge in [0.05, 0.1) is 32.9 Å². The van der Waals surface area contributed by atoms with Gasteiger partial charge >= 0.3 is 54.7 Å². The number of esters is 4. The van der Waals surface area contributed by atoms with Gasteiger partial charge in [-0.25, -0.2) is 24.0 Å². The van der Waals surface area contributed by atoms with E-state index in [1.807, 2.05) is 55.4 Å². The molecule has 16 aliphatic rings. The van der Waals surface area contributed by atoms with Gasteiger partial charge in [0.25, 0.3) is 0 Å². The molecule has 6 atom stereocenters. The molecule has 0 saturated heterocycles. The Morgan fingerprint density at radius 1 is 0.240 bits per heavy atom. The van der Waals surface area contributed by atoms with Crippen LogP contribution in [-0.2, 0) is 104 Å². The summed E-state index contributed by atoms with van der Waals surface area (Å²) in [7, 11) is 0. The van der Waals surface area contributed by atoms with Crippen LogP contribution in [-0.4, -0.2) is 171 Å². The van der Waals surface area contributed by atoms with E-state index in [0.717, 1.165) is 110 Å². The molecule has 0 aromatic carbocycles. The maximum absolute atomic E-state index is 13.5. The summed E-state index contributed by atoms with van der Waals surface area (Å²) in [6.45, 7) is 55.8. The molecule has 16 rings (SSSR count). The molecule has 125 heavy (non-hydrogen) atoms. The van der Waals surface area contributed by atoms with Crippen LogP contribution in [0.5, 0.6) is 0 Å². The number of ether oxygens (including phenoxy) is 18. The van der Waals surface area contributed by atoms with E-state index in [4.69, 9.17) is 85.3 Å². The molecule has 16 fully saturated rings. The van der Waals surface area contributed by atoms with Crippen LogP contribution < -0.4 is 0 Å². The van der Waals surface area contributed by atoms with Gasteiger partial charge in [0.15, 0.2) is 0 Å². The first-order valence-corrected chi connectivity index (χ1v) is 47.1. The normalized spacial score (nSPS) is 33.8. The molecule has 16 saturated carbocycles. The summed E-state index contributed by atoms with van der Waals surface area (Å²) in [6.07, 6.45) is 18.0. The van der Waals surface area contributed by atoms with Crippen molar-refractivity contribution in [1.82, 2.24) is 0 Å². The maximum Gasteiger partial charge on any atom is 0.509 e. The third kappa shape index (κ3) is 26.7. The highest BCUT2D eigenvalue weighted by Crippen LogP contribution is 2.68. The largest absolute Gasteiger partial charge is 0.509 e. The Balaban J connectivity index is 0.000000193. The zero-order valence-electron chi connectivity index (χ0n) is 82.2. The lowest BCUT2D eigenvalue weighted by molar-refractivity contribution is -0.307. The molecule has 27 nitrogen and oxygen atoms in total. The van der Waals surface area contributed by atoms with Gasteiger partial charge < -0.3 is 85.3 Å². The molecule has 0 radical (unpaired) electrons. The maximum atomic E-state index is 13.5. The first-order chi connectivity index (χ1) is 57.2. The topological polar surface area (TPSA) is 320 Å². The molecular weight excluding hydrogens is 1610 g/mol. The predicted octanol–water partition coefficient (Wildman–Crippen LogP) is 22.5. The van der Waals surface area contributed by atoms with Gasteiger partial charge in [-0.1, -0.05) is 48.0 Å². The van der Waals surface area contributed by atoms with Gasteiger partial charge in [0, 0.05) is 83.8 Å². The second-order valence-corrected chi connectivity index (χ2v) is 48.0. The molecule has 0 aromatic rings. The lowest BCUT2D eigenvalue weighted by atomic mass is 9.48. The van der Waals surface area contributed by atoms with Gasteiger partial charge in [-0.05, 0) is 311 Å². The number of unbranched alkanes of at least 4 members (excludes halogenated alkanes) is 1. The monoisotopic (exact) mass is 1770 g/mol. The molecule has 0 aliphatic heterocycles. The molecule has 0 N–H and O–H groups in total. The smallest absolute Gasteiger partial charge is 0.459 e. The summed E-state index contributed by atoms with van der Waals surface area (Å²) in [6, 6.07) is 0. The highest BCUT2D eigenvalue weighted by Gasteiger charge is 2.76. The summed E-state index contributed by atoms with van der Waals surface area (Å²) in [4.78, 5) is 117. The van der Waals surface area contributed by atoms with Gasteiger partial charge in [0.2, 0.25) is 0 Å². The molecule has 16 aliphatic carbocycles. The van der Waals surface area contributed by atoms with Crippen LogP contribution >= 0.6 is 0 Å². The van der Waals surface area contributed by atoms with E-state index in [2.05, 4.69) is 27.7 Å². The van der Waals surface area contributed by atoms with Crippen LogP contribution in [0.3, 0.4) is 0 Å². The molecule has 716 valence electrons. The van der Waals surface area contributed by atoms with Crippen molar-refractivity contribution in [3.05, 3.63) is 0 Å². The van der Waals surface area contributed by atoms with Crippen molar-refractivity contribution >= 4 is 54.7 Å². The highest BCUT2D eigenvalue weighted by molar-refractivity contribution is 5.78. The fourth-order valence-corrected chi connectivity index (χ4v) is 23.0. The lowest BCUT2D eigenvalue weighted by Gasteiger charge is -2.66. The van der Waals surface area contributed by atoms with Crippen molar-refractivity contribution in [2.75, 3.05) is 26.8 Å². The average Bonchev–Trinajstić information content (AvgIpc) is 0.665. The zero-order valence-corrected chi connectivity index (χ0v) is 82.2. The Morgan fingerprint density at radius 2 is 0.440 bits per heavy atom. The van der Waals surface area contributed by atoms with Crippen LogP contribution in [0.25, 0.3) is 0 Å². The summed E-state index contributed by atoms with van der Waals surface area (Å²) in [5.74, 6) is 1.78. The Morgan fingerprint density at radius 3 is 0.688 bits per heavy atom. The second-order valence-electron chi connectivity index (χ2n) is 48.0. The van der Waals surface area contributed by atoms with Crippen LogP contribution in [0.2, 0.25) is 0 Å². The third-order valence-corrected chi connectivity index (χ3v) is 28.0. The molecule has 16 bridgehead atoms. The number of rotatable bonds is 28. The SMILES string of the molecule is CCC(C)(C)C(=O)OC12CC3(OC(=O)OC(C)(C)C)CC(OC(=O)OC(C)(C)C)(CC(OC(=O)OC(C)(C)C)(C3)C1)C2.CCC(C)(C)C(=O)OC12CC3CC(OC(=O)OC(C)(C)C)(CC(OC(=O)OC(C)(C)C)(C3)C1)C2.CCCCOCOC12CC3CC(C1)CC(OC(=O)C(C)(C)CC)(C3)C2.CCCOCOC12CC3CC(C1)CC(OC(=O)C(C)(C)CC)(C3)C2. The van der Waals surface area contributed by atoms with E-state index in [9.17, 15) is 43.2 Å². The van der Waals surface area contributed by atoms with E-state index in [1.54, 1.807) is 118 Å². The van der Waals surface area contributed by atoms with Gasteiger partial charge in [-0.2, -0.15) is 0 Å². The second kappa shape index (κ2) is 37.0. The molecule has 0 amide bonds. The van der Waals surface area contributed by atoms with Crippen molar-refractivity contribution in [3.63, 3.8) is 0 Å². The Kier molecular flexibility index (Phi) is 30.4. The number of hydrogen-bond donors (Lipinski definition) is 0. The Hall–Kier alpha value is -5.93. The van der Waals surface area contributed by atoms with Crippen molar-refractivity contribution in [3.8, 4) is 0 Å². The van der Waals surface area contributed by atoms with Crippen molar-refractivity contribution in [2.45, 2.75) is 489 Å². The van der Waals surface area contributed by atoms with Crippen LogP contribution in [0.4, 0.5) is 24.0 Å². The summed E-state index contributed by atoms with van der Waals surface area (Å²) in [5.41, 5.74) is -15.2. The third-order valence-electron chi connectivity index (χ3n) is 28.0. The Labute approximate surface area is 747 Å². The van der Waals surface area contributed by atoms with Gasteiger partial charge in [-0.3, -0.25) is 19.2 Å². The van der Waals surface area contributed by atoms with E-state index >= 15 is 0 Å². The fourth-order valence-electron chi connectivity index (χ4n) is 23.0. The first-order valence-electron chi connectivity index (χ1n) is 47.1. The van der Waals surface area contributed by atoms with E-state index in [1.165, 1.54) is 12.8 Å². The number of hydrogen-bond acceptors (Lipinski definition) is 27. The quantitative estimate of drug-likeness (QED) is 0.0304. The van der Waals surface area contributed by atoms with Crippen LogP contribution in [0, 0.1) is 51.2 Å². The molecule has 0 spiro atoms. The fraction of sp³-hybridized carbons (Fsp3) is 0.908. The standard InChI is InChI=1S/C31H50O11.C26H42O8.C21H36O4.C20H34O4/c1-13-27(11,12)20(32)36-28-14-29(40-21(33)37-24(2,3)4)17-30(15-28,41-22(34)38-25(5,6)7)19-31(16-28,18-29)42-23(35)39-26(8,9)10;1-10-23(8,9)18(27)30-24-11-17-12-25(14-24,33-19(28)31-21(2,3)4)16-26(13-17,15-24)34-20(29)32-22(5,6)7;1-5-7-8-23-15-24-20-10-16-9-17(11-20)13-21(12-16,14-20)25-18(22)19(3,4)6-2;1-5-7-22-14-23-19-9-15-8-16(10-19)12-20(11-15,13-19)24-17(21)18(3,4)6-2/h13-19H2,1-12H3;17H,10-16H2,1-9H3;16-17H,5-15H2,1-4H3;15-16H,5-14H2,1-4H3. The highest BCUT2D eigenvalue weighted by atomic mass is 16.8. The minimum atomic E-state index is -1.35. The zero-order chi connectivity index (χ0) is 93.6. The minimum absolute atomic E-state index is 0.0358. The van der Waals surface area contributed by atoms with E-state index in [-0.39, 0.29) is 84.8 Å². The molecule has 27 heteroatoms. The Bertz CT molecular complexity index is 3620. The van der Waals surface area contributed by atoms with Crippen molar-refractivity contribution in [2.24, 2.45) is 51.2 Å². The predicted molar refractivity (Wildman–Crippen MR) is 465 cm³/mol. The van der Waals surface area contributed by atoms with Gasteiger partial charge in [0.1, 0.15) is 92.0 Å². The number of carbonyl (C=O) groups excluding carboxylic acids is 9. The van der Waals surface area contributed by atoms with Crippen LogP contribution in [0.15, 0.2) is 0 Å².